The van der Waals surface area contributed by atoms with Crippen molar-refractivity contribution in [2.24, 2.45) is 0 Å². The van der Waals surface area contributed by atoms with Crippen LogP contribution in [0.5, 0.6) is 0 Å². The molecular formula is C14H14FNO. The van der Waals surface area contributed by atoms with Gasteiger partial charge in [-0.05, 0) is 43.2 Å². The first-order chi connectivity index (χ1) is 8.09. The number of halogens is 1. The Morgan fingerprint density at radius 3 is 2.59 bits per heavy atom. The van der Waals surface area contributed by atoms with Crippen LogP contribution in [0.3, 0.4) is 0 Å². The molecule has 2 aromatic rings. The molecule has 0 aliphatic rings. The number of hydrogen-bond acceptors (Lipinski definition) is 2. The summed E-state index contributed by atoms with van der Waals surface area (Å²) in [4.78, 5) is 4.14. The molecule has 2 rings (SSSR count). The molecule has 0 saturated heterocycles. The summed E-state index contributed by atoms with van der Waals surface area (Å²) in [6, 6.07) is 8.00. The molecule has 0 amide bonds. The van der Waals surface area contributed by atoms with Crippen molar-refractivity contribution in [2.45, 2.75) is 20.0 Å². The van der Waals surface area contributed by atoms with E-state index in [2.05, 4.69) is 4.98 Å². The number of hydrogen-bond donors (Lipinski definition) is 1. The highest BCUT2D eigenvalue weighted by Gasteiger charge is 2.15. The van der Waals surface area contributed by atoms with E-state index in [-0.39, 0.29) is 5.82 Å². The molecule has 1 aromatic carbocycles. The predicted octanol–water partition coefficient (Wildman–Crippen LogP) is 2.92. The zero-order chi connectivity index (χ0) is 12.4. The van der Waals surface area contributed by atoms with E-state index in [9.17, 15) is 9.50 Å². The van der Waals surface area contributed by atoms with Crippen molar-refractivity contribution < 1.29 is 9.50 Å². The van der Waals surface area contributed by atoms with E-state index in [4.69, 9.17) is 0 Å². The Hall–Kier alpha value is -1.74. The van der Waals surface area contributed by atoms with E-state index in [0.717, 1.165) is 16.8 Å². The van der Waals surface area contributed by atoms with Gasteiger partial charge in [0, 0.05) is 17.5 Å². The van der Waals surface area contributed by atoms with Crippen molar-refractivity contribution in [1.82, 2.24) is 4.98 Å². The molecule has 17 heavy (non-hydrogen) atoms. The van der Waals surface area contributed by atoms with E-state index >= 15 is 0 Å². The van der Waals surface area contributed by atoms with Gasteiger partial charge < -0.3 is 5.11 Å². The number of rotatable bonds is 2. The molecule has 1 atom stereocenters. The molecule has 88 valence electrons. The third-order valence-corrected chi connectivity index (χ3v) is 2.87. The molecule has 1 N–H and O–H groups in total. The lowest BCUT2D eigenvalue weighted by atomic mass is 9.97. The summed E-state index contributed by atoms with van der Waals surface area (Å²) in [5.41, 5.74) is 2.98. The first kappa shape index (κ1) is 11.7. The van der Waals surface area contributed by atoms with Gasteiger partial charge in [0.05, 0.1) is 0 Å². The van der Waals surface area contributed by atoms with Crippen LogP contribution in [0.25, 0.3) is 0 Å². The molecule has 1 heterocycles. The quantitative estimate of drug-likeness (QED) is 0.862. The summed E-state index contributed by atoms with van der Waals surface area (Å²) in [6.07, 6.45) is 0.924. The van der Waals surface area contributed by atoms with Crippen LogP contribution in [-0.2, 0) is 0 Å². The lowest BCUT2D eigenvalue weighted by molar-refractivity contribution is 0.218. The Kier molecular flexibility index (Phi) is 3.20. The lowest BCUT2D eigenvalue weighted by Crippen LogP contribution is -2.05. The zero-order valence-corrected chi connectivity index (χ0v) is 9.81. The van der Waals surface area contributed by atoms with Crippen molar-refractivity contribution in [1.29, 1.82) is 0 Å². The van der Waals surface area contributed by atoms with Gasteiger partial charge >= 0.3 is 0 Å². The topological polar surface area (TPSA) is 33.1 Å². The van der Waals surface area contributed by atoms with Gasteiger partial charge in [-0.15, -0.1) is 0 Å². The molecule has 3 heteroatoms. The van der Waals surface area contributed by atoms with E-state index in [0.29, 0.717) is 5.56 Å². The SMILES string of the molecule is Cc1cc(F)ccc1C(O)c1cccnc1C. The molecule has 0 aliphatic heterocycles. The number of nitrogens with zero attached hydrogens (tertiary/aromatic N) is 1. The van der Waals surface area contributed by atoms with Crippen LogP contribution in [0.2, 0.25) is 0 Å². The average molecular weight is 231 g/mol. The van der Waals surface area contributed by atoms with E-state index in [1.165, 1.54) is 12.1 Å². The Morgan fingerprint density at radius 2 is 1.94 bits per heavy atom. The molecule has 1 aromatic heterocycles. The van der Waals surface area contributed by atoms with E-state index in [1.807, 2.05) is 13.0 Å². The first-order valence-corrected chi connectivity index (χ1v) is 5.45. The average Bonchev–Trinajstić information content (AvgIpc) is 2.29. The summed E-state index contributed by atoms with van der Waals surface area (Å²) in [5, 5.41) is 10.3. The van der Waals surface area contributed by atoms with Gasteiger partial charge in [0.25, 0.3) is 0 Å². The van der Waals surface area contributed by atoms with Crippen molar-refractivity contribution in [3.8, 4) is 0 Å². The van der Waals surface area contributed by atoms with Gasteiger partial charge in [0.2, 0.25) is 0 Å². The van der Waals surface area contributed by atoms with Crippen molar-refractivity contribution in [3.05, 3.63) is 64.7 Å². The summed E-state index contributed by atoms with van der Waals surface area (Å²) < 4.78 is 13.0. The second-order valence-corrected chi connectivity index (χ2v) is 4.08. The Morgan fingerprint density at radius 1 is 1.18 bits per heavy atom. The molecule has 2 nitrogen and oxygen atoms in total. The maximum atomic E-state index is 13.0. The minimum Gasteiger partial charge on any atom is -0.384 e. The standard InChI is InChI=1S/C14H14FNO/c1-9-8-11(15)5-6-12(9)14(17)13-4-3-7-16-10(13)2/h3-8,14,17H,1-2H3. The maximum absolute atomic E-state index is 13.0. The van der Waals surface area contributed by atoms with Gasteiger partial charge in [-0.25, -0.2) is 4.39 Å². The van der Waals surface area contributed by atoms with Gasteiger partial charge in [-0.3, -0.25) is 4.98 Å². The molecule has 1 unspecified atom stereocenters. The van der Waals surface area contributed by atoms with Gasteiger partial charge in [0.15, 0.2) is 0 Å². The number of aliphatic hydroxyl groups is 1. The Balaban J connectivity index is 2.44. The minimum atomic E-state index is -0.760. The minimum absolute atomic E-state index is 0.290. The molecule has 0 saturated carbocycles. The summed E-state index contributed by atoms with van der Waals surface area (Å²) in [6.45, 7) is 3.63. The molecule has 0 radical (unpaired) electrons. The van der Waals surface area contributed by atoms with Crippen LogP contribution in [-0.4, -0.2) is 10.1 Å². The molecule has 0 fully saturated rings. The summed E-state index contributed by atoms with van der Waals surface area (Å²) in [7, 11) is 0. The van der Waals surface area contributed by atoms with Gasteiger partial charge in [-0.2, -0.15) is 0 Å². The predicted molar refractivity (Wildman–Crippen MR) is 64.2 cm³/mol. The van der Waals surface area contributed by atoms with Gasteiger partial charge in [0.1, 0.15) is 11.9 Å². The van der Waals surface area contributed by atoms with Crippen LogP contribution in [0.4, 0.5) is 4.39 Å². The molecule has 0 bridgehead atoms. The van der Waals surface area contributed by atoms with Crippen molar-refractivity contribution in [2.75, 3.05) is 0 Å². The van der Waals surface area contributed by atoms with Crippen molar-refractivity contribution in [3.63, 3.8) is 0 Å². The lowest BCUT2D eigenvalue weighted by Gasteiger charge is -2.15. The second-order valence-electron chi connectivity index (χ2n) is 4.08. The first-order valence-electron chi connectivity index (χ1n) is 5.45. The fourth-order valence-electron chi connectivity index (χ4n) is 1.90. The van der Waals surface area contributed by atoms with Crippen LogP contribution < -0.4 is 0 Å². The smallest absolute Gasteiger partial charge is 0.123 e. The number of pyridine rings is 1. The summed E-state index contributed by atoms with van der Waals surface area (Å²) >= 11 is 0. The normalized spacial score (nSPS) is 12.5. The van der Waals surface area contributed by atoms with Crippen LogP contribution in [0.15, 0.2) is 36.5 Å². The Bertz CT molecular complexity index is 539. The van der Waals surface area contributed by atoms with E-state index < -0.39 is 6.10 Å². The monoisotopic (exact) mass is 231 g/mol. The van der Waals surface area contributed by atoms with Crippen LogP contribution >= 0.6 is 0 Å². The number of aliphatic hydroxyl groups excluding tert-OH is 1. The van der Waals surface area contributed by atoms with Crippen LogP contribution in [0, 0.1) is 19.7 Å². The van der Waals surface area contributed by atoms with Crippen molar-refractivity contribution >= 4 is 0 Å². The maximum Gasteiger partial charge on any atom is 0.123 e. The summed E-state index contributed by atoms with van der Waals surface area (Å²) in [5.74, 6) is -0.290. The third kappa shape index (κ3) is 2.34. The highest BCUT2D eigenvalue weighted by Crippen LogP contribution is 2.26. The molecule has 0 aliphatic carbocycles. The number of aryl methyl sites for hydroxylation is 2. The largest absolute Gasteiger partial charge is 0.384 e. The van der Waals surface area contributed by atoms with Gasteiger partial charge in [-0.1, -0.05) is 12.1 Å². The molecular weight excluding hydrogens is 217 g/mol. The Labute approximate surface area is 99.8 Å². The highest BCUT2D eigenvalue weighted by atomic mass is 19.1. The number of aromatic nitrogens is 1. The highest BCUT2D eigenvalue weighted by molar-refractivity contribution is 5.36. The van der Waals surface area contributed by atoms with E-state index in [1.54, 1.807) is 25.3 Å². The second kappa shape index (κ2) is 4.63. The fraction of sp³-hybridized carbons (Fsp3) is 0.214. The molecule has 0 spiro atoms. The third-order valence-electron chi connectivity index (χ3n) is 2.87. The van der Waals surface area contributed by atoms with Crippen LogP contribution in [0.1, 0.15) is 28.5 Å². The number of benzene rings is 1. The zero-order valence-electron chi connectivity index (χ0n) is 9.81. The fourth-order valence-corrected chi connectivity index (χ4v) is 1.90.